The smallest absolute Gasteiger partial charge is 0.298 e. The van der Waals surface area contributed by atoms with Gasteiger partial charge in [0.15, 0.2) is 0 Å². The van der Waals surface area contributed by atoms with E-state index in [0.29, 0.717) is 17.7 Å². The van der Waals surface area contributed by atoms with E-state index in [-0.39, 0.29) is 16.4 Å². The van der Waals surface area contributed by atoms with Gasteiger partial charge in [0.2, 0.25) is 0 Å². The van der Waals surface area contributed by atoms with Crippen molar-refractivity contribution in [2.24, 2.45) is 0 Å². The van der Waals surface area contributed by atoms with Gasteiger partial charge < -0.3 is 9.84 Å². The highest BCUT2D eigenvalue weighted by Crippen LogP contribution is 2.35. The second kappa shape index (κ2) is 11.1. The van der Waals surface area contributed by atoms with Crippen molar-refractivity contribution in [1.29, 1.82) is 0 Å². The Hall–Kier alpha value is -2.05. The highest BCUT2D eigenvalue weighted by atomic mass is 32.2. The second-order valence-electron chi connectivity index (χ2n) is 7.00. The number of unbranched alkanes of at least 4 members (excludes halogenated alkanes) is 7. The van der Waals surface area contributed by atoms with Crippen LogP contribution in [-0.2, 0) is 16.5 Å². The van der Waals surface area contributed by atoms with Crippen molar-refractivity contribution >= 4 is 10.1 Å². The van der Waals surface area contributed by atoms with Crippen molar-refractivity contribution in [1.82, 2.24) is 0 Å². The zero-order valence-corrected chi connectivity index (χ0v) is 17.2. The van der Waals surface area contributed by atoms with E-state index in [9.17, 15) is 18.1 Å². The molecule has 154 valence electrons. The third kappa shape index (κ3) is 6.84. The first kappa shape index (κ1) is 22.2. The third-order valence-electron chi connectivity index (χ3n) is 4.74. The largest absolute Gasteiger partial charge is 0.508 e. The summed E-state index contributed by atoms with van der Waals surface area (Å²) in [6.45, 7) is 2.21. The van der Waals surface area contributed by atoms with Gasteiger partial charge in [0.05, 0.1) is 0 Å². The van der Waals surface area contributed by atoms with Crippen LogP contribution in [0.15, 0.2) is 47.4 Å². The molecule has 0 aliphatic heterocycles. The van der Waals surface area contributed by atoms with Crippen LogP contribution in [0.5, 0.6) is 17.2 Å². The molecule has 0 spiro atoms. The molecule has 0 unspecified atom stereocenters. The van der Waals surface area contributed by atoms with Gasteiger partial charge in [-0.05, 0) is 37.1 Å². The summed E-state index contributed by atoms with van der Waals surface area (Å²) < 4.78 is 38.3. The molecular weight excluding hydrogens is 376 g/mol. The van der Waals surface area contributed by atoms with Crippen LogP contribution in [-0.4, -0.2) is 18.1 Å². The highest BCUT2D eigenvalue weighted by molar-refractivity contribution is 7.86. The predicted octanol–water partition coefficient (Wildman–Crippen LogP) is 6.11. The van der Waals surface area contributed by atoms with Crippen LogP contribution < -0.4 is 4.74 Å². The van der Waals surface area contributed by atoms with Crippen LogP contribution in [0.2, 0.25) is 0 Å². The van der Waals surface area contributed by atoms with Crippen molar-refractivity contribution in [3.8, 4) is 17.2 Å². The summed E-state index contributed by atoms with van der Waals surface area (Å²) in [4.78, 5) is -0.295. The van der Waals surface area contributed by atoms with Gasteiger partial charge in [0.1, 0.15) is 22.1 Å². The normalized spacial score (nSPS) is 11.5. The molecule has 28 heavy (non-hydrogen) atoms. The molecule has 5 nitrogen and oxygen atoms in total. The van der Waals surface area contributed by atoms with E-state index in [1.807, 2.05) is 0 Å². The molecule has 6 heteroatoms. The molecule has 0 fully saturated rings. The number of phenolic OH excluding ortho intramolecular Hbond substituents is 1. The first-order valence-corrected chi connectivity index (χ1v) is 11.4. The molecule has 0 radical (unpaired) electrons. The standard InChI is InChI=1S/C22H30O5S/c1-2-3-4-5-6-7-8-9-13-18-19(23)14-12-16-20(18)27-21-15-10-11-17-22(21)28(24,25)26/h10-12,14-17,23H,2-9,13H2,1H3,(H,24,25,26). The molecule has 0 amide bonds. The Morgan fingerprint density at radius 1 is 0.821 bits per heavy atom. The molecule has 0 bridgehead atoms. The SMILES string of the molecule is CCCCCCCCCCc1c(O)cccc1Oc1ccccc1S(=O)(=O)O. The Labute approximate surface area is 168 Å². The van der Waals surface area contributed by atoms with E-state index in [1.54, 1.807) is 24.3 Å². The lowest BCUT2D eigenvalue weighted by Gasteiger charge is -2.14. The van der Waals surface area contributed by atoms with Gasteiger partial charge in [-0.3, -0.25) is 4.55 Å². The number of ether oxygens (including phenoxy) is 1. The Kier molecular flexibility index (Phi) is 8.80. The zero-order chi connectivity index (χ0) is 20.4. The summed E-state index contributed by atoms with van der Waals surface area (Å²) in [6, 6.07) is 10.9. The fourth-order valence-corrected chi connectivity index (χ4v) is 3.82. The first-order chi connectivity index (χ1) is 13.4. The van der Waals surface area contributed by atoms with Gasteiger partial charge in [0, 0.05) is 5.56 Å². The minimum absolute atomic E-state index is 0.0350. The topological polar surface area (TPSA) is 83.8 Å². The van der Waals surface area contributed by atoms with Gasteiger partial charge in [0.25, 0.3) is 10.1 Å². The fraction of sp³-hybridized carbons (Fsp3) is 0.455. The van der Waals surface area contributed by atoms with Crippen molar-refractivity contribution in [3.05, 3.63) is 48.0 Å². The monoisotopic (exact) mass is 406 g/mol. The molecule has 2 N–H and O–H groups in total. The molecule has 2 aromatic rings. The van der Waals surface area contributed by atoms with Crippen molar-refractivity contribution in [2.75, 3.05) is 0 Å². The van der Waals surface area contributed by atoms with Crippen LogP contribution in [0.1, 0.15) is 63.9 Å². The molecule has 0 aromatic heterocycles. The number of hydrogen-bond donors (Lipinski definition) is 2. The fourth-order valence-electron chi connectivity index (χ4n) is 3.20. The summed E-state index contributed by atoms with van der Waals surface area (Å²) in [5.41, 5.74) is 0.652. The molecule has 0 aliphatic rings. The van der Waals surface area contributed by atoms with Gasteiger partial charge in [-0.15, -0.1) is 0 Å². The van der Waals surface area contributed by atoms with E-state index in [2.05, 4.69) is 6.92 Å². The van der Waals surface area contributed by atoms with Crippen LogP contribution in [0.3, 0.4) is 0 Å². The zero-order valence-electron chi connectivity index (χ0n) is 16.4. The van der Waals surface area contributed by atoms with E-state index in [4.69, 9.17) is 4.74 Å². The Bertz CT molecular complexity index is 846. The van der Waals surface area contributed by atoms with Crippen LogP contribution in [0, 0.1) is 0 Å². The molecule has 0 saturated heterocycles. The molecule has 2 rings (SSSR count). The molecule has 2 aromatic carbocycles. The Balaban J connectivity index is 2.01. The van der Waals surface area contributed by atoms with Gasteiger partial charge >= 0.3 is 0 Å². The summed E-state index contributed by atoms with van der Waals surface area (Å²) in [6.07, 6.45) is 10.1. The highest BCUT2D eigenvalue weighted by Gasteiger charge is 2.18. The molecule has 0 saturated carbocycles. The summed E-state index contributed by atoms with van der Waals surface area (Å²) in [7, 11) is -4.40. The first-order valence-electron chi connectivity index (χ1n) is 9.98. The summed E-state index contributed by atoms with van der Waals surface area (Å²) in [5, 5.41) is 10.3. The van der Waals surface area contributed by atoms with Gasteiger partial charge in [-0.1, -0.05) is 70.1 Å². The number of benzene rings is 2. The summed E-state index contributed by atoms with van der Waals surface area (Å²) in [5.74, 6) is 0.566. The number of hydrogen-bond acceptors (Lipinski definition) is 4. The number of phenols is 1. The third-order valence-corrected chi connectivity index (χ3v) is 5.63. The lowest BCUT2D eigenvalue weighted by Crippen LogP contribution is -2.02. The van der Waals surface area contributed by atoms with Gasteiger partial charge in [-0.2, -0.15) is 8.42 Å². The van der Waals surface area contributed by atoms with Crippen LogP contribution in [0.4, 0.5) is 0 Å². The number of aromatic hydroxyl groups is 1. The number of rotatable bonds is 12. The lowest BCUT2D eigenvalue weighted by atomic mass is 10.0. The predicted molar refractivity (Wildman–Crippen MR) is 111 cm³/mol. The van der Waals surface area contributed by atoms with Crippen molar-refractivity contribution in [2.45, 2.75) is 69.6 Å². The molecular formula is C22H30O5S. The average Bonchev–Trinajstić information content (AvgIpc) is 2.65. The maximum absolute atomic E-state index is 11.6. The minimum Gasteiger partial charge on any atom is -0.508 e. The Morgan fingerprint density at radius 2 is 1.43 bits per heavy atom. The van der Waals surface area contributed by atoms with Crippen LogP contribution in [0.25, 0.3) is 0 Å². The summed E-state index contributed by atoms with van der Waals surface area (Å²) >= 11 is 0. The van der Waals surface area contributed by atoms with E-state index < -0.39 is 10.1 Å². The van der Waals surface area contributed by atoms with E-state index >= 15 is 0 Å². The van der Waals surface area contributed by atoms with E-state index in [0.717, 1.165) is 12.8 Å². The molecule has 0 aliphatic carbocycles. The molecule has 0 heterocycles. The quantitative estimate of drug-likeness (QED) is 0.328. The van der Waals surface area contributed by atoms with Crippen molar-refractivity contribution in [3.63, 3.8) is 0 Å². The van der Waals surface area contributed by atoms with Gasteiger partial charge in [-0.25, -0.2) is 0 Å². The van der Waals surface area contributed by atoms with E-state index in [1.165, 1.54) is 56.7 Å². The average molecular weight is 407 g/mol. The Morgan fingerprint density at radius 3 is 2.11 bits per heavy atom. The maximum atomic E-state index is 11.6. The molecule has 0 atom stereocenters. The van der Waals surface area contributed by atoms with Crippen LogP contribution >= 0.6 is 0 Å². The number of para-hydroxylation sites is 1. The second-order valence-corrected chi connectivity index (χ2v) is 8.39. The maximum Gasteiger partial charge on any atom is 0.298 e. The minimum atomic E-state index is -4.40. The lowest BCUT2D eigenvalue weighted by molar-refractivity contribution is 0.429. The van der Waals surface area contributed by atoms with Crippen molar-refractivity contribution < 1.29 is 22.8 Å².